The Morgan fingerprint density at radius 1 is 1.00 bits per heavy atom. The molecule has 2 N–H and O–H groups in total. The molecule has 3 amide bonds. The van der Waals surface area contributed by atoms with Crippen molar-refractivity contribution in [2.45, 2.75) is 13.3 Å². The summed E-state index contributed by atoms with van der Waals surface area (Å²) < 4.78 is 0. The van der Waals surface area contributed by atoms with Crippen LogP contribution in [0.15, 0.2) is 48.5 Å². The van der Waals surface area contributed by atoms with Gasteiger partial charge in [0.1, 0.15) is 0 Å². The van der Waals surface area contributed by atoms with Crippen LogP contribution < -0.4 is 10.6 Å². The molecule has 0 aliphatic carbocycles. The fraction of sp³-hybridized carbons (Fsp3) is 0.318. The quantitative estimate of drug-likeness (QED) is 0.766. The van der Waals surface area contributed by atoms with Gasteiger partial charge >= 0.3 is 0 Å². The molecule has 2 aromatic carbocycles. The first-order valence-corrected chi connectivity index (χ1v) is 10.8. The summed E-state index contributed by atoms with van der Waals surface area (Å²) in [5, 5.41) is 5.42. The first kappa shape index (κ1) is 20.9. The van der Waals surface area contributed by atoms with E-state index in [1.54, 1.807) is 18.2 Å². The molecule has 0 radical (unpaired) electrons. The van der Waals surface area contributed by atoms with Crippen LogP contribution in [0.1, 0.15) is 21.5 Å². The number of carbonyl (C=O) groups is 3. The minimum atomic E-state index is -0.304. The van der Waals surface area contributed by atoms with Crippen LogP contribution >= 0.6 is 11.8 Å². The molecule has 29 heavy (non-hydrogen) atoms. The molecule has 0 atom stereocenters. The highest BCUT2D eigenvalue weighted by molar-refractivity contribution is 7.99. The molecule has 1 aliphatic rings. The Labute approximate surface area is 175 Å². The van der Waals surface area contributed by atoms with Crippen molar-refractivity contribution in [2.75, 3.05) is 36.5 Å². The van der Waals surface area contributed by atoms with Gasteiger partial charge in [0.05, 0.1) is 13.0 Å². The molecule has 1 aliphatic heterocycles. The van der Waals surface area contributed by atoms with Crippen molar-refractivity contribution in [3.8, 4) is 0 Å². The highest BCUT2D eigenvalue weighted by Crippen LogP contribution is 2.19. The predicted octanol–water partition coefficient (Wildman–Crippen LogP) is 2.48. The summed E-state index contributed by atoms with van der Waals surface area (Å²) >= 11 is 1.86. The zero-order valence-corrected chi connectivity index (χ0v) is 17.3. The van der Waals surface area contributed by atoms with Gasteiger partial charge in [-0.2, -0.15) is 11.8 Å². The van der Waals surface area contributed by atoms with E-state index < -0.39 is 0 Å². The lowest BCUT2D eigenvalue weighted by molar-refractivity contribution is -0.123. The molecule has 0 bridgehead atoms. The van der Waals surface area contributed by atoms with Gasteiger partial charge < -0.3 is 15.5 Å². The number of benzene rings is 2. The van der Waals surface area contributed by atoms with Crippen molar-refractivity contribution >= 4 is 35.2 Å². The number of anilines is 1. The van der Waals surface area contributed by atoms with Crippen LogP contribution in [0.25, 0.3) is 0 Å². The lowest BCUT2D eigenvalue weighted by atomic mass is 10.1. The van der Waals surface area contributed by atoms with Crippen molar-refractivity contribution in [1.29, 1.82) is 0 Å². The summed E-state index contributed by atoms with van der Waals surface area (Å²) in [6.07, 6.45) is 0.235. The third kappa shape index (κ3) is 6.09. The first-order valence-electron chi connectivity index (χ1n) is 9.61. The van der Waals surface area contributed by atoms with Crippen LogP contribution in [0.3, 0.4) is 0 Å². The summed E-state index contributed by atoms with van der Waals surface area (Å²) in [6.45, 7) is 3.29. The van der Waals surface area contributed by atoms with Crippen molar-refractivity contribution in [2.24, 2.45) is 0 Å². The fourth-order valence-corrected chi connectivity index (χ4v) is 4.01. The Morgan fingerprint density at radius 2 is 1.72 bits per heavy atom. The molecule has 1 saturated heterocycles. The van der Waals surface area contributed by atoms with Crippen molar-refractivity contribution in [3.63, 3.8) is 0 Å². The van der Waals surface area contributed by atoms with E-state index in [0.717, 1.165) is 35.7 Å². The molecule has 152 valence electrons. The molecule has 1 fully saturated rings. The van der Waals surface area contributed by atoms with Gasteiger partial charge in [-0.1, -0.05) is 30.3 Å². The molecule has 7 heteroatoms. The second kappa shape index (κ2) is 10.1. The molecular weight excluding hydrogens is 386 g/mol. The second-order valence-electron chi connectivity index (χ2n) is 6.92. The first-order chi connectivity index (χ1) is 14.0. The predicted molar refractivity (Wildman–Crippen MR) is 116 cm³/mol. The summed E-state index contributed by atoms with van der Waals surface area (Å²) in [7, 11) is 0. The second-order valence-corrected chi connectivity index (χ2v) is 8.15. The van der Waals surface area contributed by atoms with E-state index in [2.05, 4.69) is 10.6 Å². The van der Waals surface area contributed by atoms with Crippen molar-refractivity contribution < 1.29 is 14.4 Å². The van der Waals surface area contributed by atoms with Crippen LogP contribution in [-0.2, 0) is 16.0 Å². The number of carbonyl (C=O) groups excluding carboxylic acids is 3. The van der Waals surface area contributed by atoms with E-state index in [9.17, 15) is 14.4 Å². The number of aryl methyl sites for hydroxylation is 1. The largest absolute Gasteiger partial charge is 0.347 e. The van der Waals surface area contributed by atoms with E-state index in [0.29, 0.717) is 11.3 Å². The zero-order chi connectivity index (χ0) is 20.6. The number of thioether (sulfide) groups is 1. The van der Waals surface area contributed by atoms with Gasteiger partial charge in [-0.25, -0.2) is 0 Å². The molecule has 0 saturated carbocycles. The SMILES string of the molecule is Cc1cc(C(=O)N2CCSCC2)ccc1NC(=O)CNC(=O)Cc1ccccc1. The minimum Gasteiger partial charge on any atom is -0.347 e. The third-order valence-corrected chi connectivity index (χ3v) is 5.64. The topological polar surface area (TPSA) is 78.5 Å². The van der Waals surface area contributed by atoms with Gasteiger partial charge in [0.25, 0.3) is 5.91 Å². The van der Waals surface area contributed by atoms with Gasteiger partial charge in [-0.15, -0.1) is 0 Å². The van der Waals surface area contributed by atoms with Gasteiger partial charge in [-0.05, 0) is 36.2 Å². The van der Waals surface area contributed by atoms with Gasteiger partial charge in [-0.3, -0.25) is 14.4 Å². The number of rotatable bonds is 6. The normalized spacial score (nSPS) is 13.6. The van der Waals surface area contributed by atoms with Crippen LogP contribution in [0.2, 0.25) is 0 Å². The standard InChI is InChI=1S/C22H25N3O3S/c1-16-13-18(22(28)25-9-11-29-12-10-25)7-8-19(16)24-21(27)15-23-20(26)14-17-5-3-2-4-6-17/h2-8,13H,9-12,14-15H2,1H3,(H,23,26)(H,24,27). The molecule has 0 spiro atoms. The summed E-state index contributed by atoms with van der Waals surface area (Å²) in [6, 6.07) is 14.7. The molecule has 0 aromatic heterocycles. The Bertz CT molecular complexity index is 880. The van der Waals surface area contributed by atoms with Gasteiger partial charge in [0.15, 0.2) is 0 Å². The molecule has 0 unspecified atom stereocenters. The Balaban J connectivity index is 1.51. The zero-order valence-electron chi connectivity index (χ0n) is 16.4. The number of hydrogen-bond donors (Lipinski definition) is 2. The lowest BCUT2D eigenvalue weighted by Gasteiger charge is -2.26. The number of nitrogens with zero attached hydrogens (tertiary/aromatic N) is 1. The number of hydrogen-bond acceptors (Lipinski definition) is 4. The minimum absolute atomic E-state index is 0.0273. The van der Waals surface area contributed by atoms with Crippen molar-refractivity contribution in [1.82, 2.24) is 10.2 Å². The summed E-state index contributed by atoms with van der Waals surface area (Å²) in [4.78, 5) is 38.6. The van der Waals surface area contributed by atoms with Crippen LogP contribution in [0, 0.1) is 6.92 Å². The highest BCUT2D eigenvalue weighted by Gasteiger charge is 2.19. The van der Waals surface area contributed by atoms with E-state index in [1.807, 2.05) is 53.9 Å². The summed E-state index contributed by atoms with van der Waals surface area (Å²) in [5.41, 5.74) is 2.97. The maximum Gasteiger partial charge on any atom is 0.253 e. The maximum absolute atomic E-state index is 12.6. The monoisotopic (exact) mass is 411 g/mol. The molecular formula is C22H25N3O3S. The summed E-state index contributed by atoms with van der Waals surface area (Å²) in [5.74, 6) is 1.45. The van der Waals surface area contributed by atoms with Crippen LogP contribution in [-0.4, -0.2) is 53.8 Å². The Kier molecular flexibility index (Phi) is 7.30. The highest BCUT2D eigenvalue weighted by atomic mass is 32.2. The lowest BCUT2D eigenvalue weighted by Crippen LogP contribution is -2.38. The van der Waals surface area contributed by atoms with Crippen molar-refractivity contribution in [3.05, 3.63) is 65.2 Å². The average Bonchev–Trinajstić information content (AvgIpc) is 2.74. The maximum atomic E-state index is 12.6. The fourth-order valence-electron chi connectivity index (χ4n) is 3.10. The van der Waals surface area contributed by atoms with Gasteiger partial charge in [0, 0.05) is 35.8 Å². The number of amides is 3. The molecule has 6 nitrogen and oxygen atoms in total. The smallest absolute Gasteiger partial charge is 0.253 e. The van der Waals surface area contributed by atoms with E-state index in [1.165, 1.54) is 0 Å². The molecule has 2 aromatic rings. The Morgan fingerprint density at radius 3 is 2.41 bits per heavy atom. The molecule has 3 rings (SSSR count). The van der Waals surface area contributed by atoms with E-state index in [-0.39, 0.29) is 30.7 Å². The van der Waals surface area contributed by atoms with E-state index in [4.69, 9.17) is 0 Å². The van der Waals surface area contributed by atoms with Crippen LogP contribution in [0.5, 0.6) is 0 Å². The van der Waals surface area contributed by atoms with Gasteiger partial charge in [0.2, 0.25) is 11.8 Å². The van der Waals surface area contributed by atoms with Crippen LogP contribution in [0.4, 0.5) is 5.69 Å². The third-order valence-electron chi connectivity index (χ3n) is 4.70. The number of nitrogens with one attached hydrogen (secondary N) is 2. The van der Waals surface area contributed by atoms with E-state index >= 15 is 0 Å². The average molecular weight is 412 g/mol. The Hall–Kier alpha value is -2.80. The molecule has 1 heterocycles.